The first-order chi connectivity index (χ1) is 20.5. The topological polar surface area (TPSA) is 95.2 Å². The van der Waals surface area contributed by atoms with E-state index in [1.807, 2.05) is 6.07 Å². The van der Waals surface area contributed by atoms with Crippen LogP contribution in [0.25, 0.3) is 10.9 Å². The van der Waals surface area contributed by atoms with Crippen molar-refractivity contribution < 1.29 is 35.9 Å². The van der Waals surface area contributed by atoms with E-state index in [0.29, 0.717) is 30.9 Å². The van der Waals surface area contributed by atoms with Crippen LogP contribution in [-0.4, -0.2) is 64.6 Å². The molecular weight excluding hydrogens is 578 g/mol. The average molecular weight is 607 g/mol. The number of nitrogens with one attached hydrogen (secondary N) is 3. The maximum atomic E-state index is 14.2. The molecule has 14 heteroatoms. The Bertz CT molecular complexity index is 1530. The van der Waals surface area contributed by atoms with E-state index in [1.165, 1.54) is 18.3 Å². The third kappa shape index (κ3) is 6.44. The number of carbonyl (C=O) groups excluding carboxylic acids is 1. The molecule has 2 aromatic carbocycles. The van der Waals surface area contributed by atoms with Gasteiger partial charge in [-0.15, -0.1) is 0 Å². The molecule has 0 aliphatic carbocycles. The van der Waals surface area contributed by atoms with E-state index >= 15 is 0 Å². The van der Waals surface area contributed by atoms with Crippen LogP contribution in [0.3, 0.4) is 0 Å². The molecule has 4 aromatic rings. The molecule has 2 aromatic heterocycles. The molecule has 1 aliphatic heterocycles. The molecule has 1 amide bonds. The molecule has 0 unspecified atom stereocenters. The summed E-state index contributed by atoms with van der Waals surface area (Å²) >= 11 is 0. The van der Waals surface area contributed by atoms with Gasteiger partial charge < -0.3 is 20.3 Å². The van der Waals surface area contributed by atoms with Gasteiger partial charge in [-0.25, -0.2) is 4.98 Å². The fourth-order valence-corrected chi connectivity index (χ4v) is 5.07. The van der Waals surface area contributed by atoms with Gasteiger partial charge in [0.25, 0.3) is 11.5 Å². The van der Waals surface area contributed by atoms with Crippen LogP contribution in [0.5, 0.6) is 0 Å². The van der Waals surface area contributed by atoms with Crippen molar-refractivity contribution in [1.82, 2.24) is 20.1 Å². The van der Waals surface area contributed by atoms with E-state index in [9.17, 15) is 31.1 Å². The normalized spacial score (nSPS) is 15.0. The Hall–Kier alpha value is -4.17. The van der Waals surface area contributed by atoms with E-state index in [4.69, 9.17) is 4.74 Å². The molecule has 0 atom stereocenters. The number of rotatable bonds is 9. The molecule has 5 rings (SSSR count). The van der Waals surface area contributed by atoms with Gasteiger partial charge in [0.05, 0.1) is 23.9 Å². The highest BCUT2D eigenvalue weighted by atomic mass is 19.4. The Morgan fingerprint density at radius 2 is 1.63 bits per heavy atom. The molecule has 228 valence electrons. The number of hydrogen-bond donors (Lipinski definition) is 3. The Morgan fingerprint density at radius 1 is 0.930 bits per heavy atom. The number of aromatic nitrogens is 3. The second kappa shape index (κ2) is 12.2. The van der Waals surface area contributed by atoms with Crippen LogP contribution in [0.15, 0.2) is 67.0 Å². The molecule has 0 bridgehead atoms. The maximum Gasteiger partial charge on any atom is 0.430 e. The lowest BCUT2D eigenvalue weighted by Gasteiger charge is -2.38. The lowest BCUT2D eigenvalue weighted by molar-refractivity contribution is -0.389. The Morgan fingerprint density at radius 3 is 2.33 bits per heavy atom. The summed E-state index contributed by atoms with van der Waals surface area (Å²) in [4.78, 5) is 19.1. The first kappa shape index (κ1) is 30.3. The zero-order chi connectivity index (χ0) is 30.7. The molecule has 1 aliphatic rings. The summed E-state index contributed by atoms with van der Waals surface area (Å²) in [5.74, 6) is -0.493. The highest BCUT2D eigenvalue weighted by Crippen LogP contribution is 2.53. The number of piperidine rings is 1. The number of pyridine rings is 1. The first-order valence-corrected chi connectivity index (χ1v) is 13.5. The third-order valence-corrected chi connectivity index (χ3v) is 7.28. The second-order valence-corrected chi connectivity index (χ2v) is 10.2. The van der Waals surface area contributed by atoms with Gasteiger partial charge in [0.1, 0.15) is 5.82 Å². The van der Waals surface area contributed by atoms with Crippen molar-refractivity contribution in [2.75, 3.05) is 36.9 Å². The number of amides is 1. The van der Waals surface area contributed by atoms with E-state index in [-0.39, 0.29) is 23.6 Å². The Labute approximate surface area is 242 Å². The third-order valence-electron chi connectivity index (χ3n) is 7.28. The molecule has 8 nitrogen and oxygen atoms in total. The Balaban J connectivity index is 1.34. The number of hydrogen-bond acceptors (Lipinski definition) is 6. The number of carbonyl (C=O) groups is 1. The lowest BCUT2D eigenvalue weighted by atomic mass is 9.91. The number of aromatic amines is 1. The van der Waals surface area contributed by atoms with Gasteiger partial charge in [0.2, 0.25) is 0 Å². The number of benzene rings is 2. The van der Waals surface area contributed by atoms with Gasteiger partial charge in [0.15, 0.2) is 0 Å². The lowest BCUT2D eigenvalue weighted by Crippen LogP contribution is -2.56. The summed E-state index contributed by atoms with van der Waals surface area (Å²) in [5.41, 5.74) is -4.25. The van der Waals surface area contributed by atoms with Crippen molar-refractivity contribution in [3.05, 3.63) is 78.1 Å². The maximum absolute atomic E-state index is 14.2. The fourth-order valence-electron chi connectivity index (χ4n) is 5.07. The van der Waals surface area contributed by atoms with Crippen LogP contribution < -0.4 is 10.6 Å². The van der Waals surface area contributed by atoms with Crippen molar-refractivity contribution in [2.24, 2.45) is 0 Å². The van der Waals surface area contributed by atoms with Gasteiger partial charge in [-0.2, -0.15) is 31.4 Å². The predicted octanol–water partition coefficient (Wildman–Crippen LogP) is 6.78. The van der Waals surface area contributed by atoms with Gasteiger partial charge in [-0.3, -0.25) is 9.89 Å². The molecular formula is C29H28F6N6O2. The summed E-state index contributed by atoms with van der Waals surface area (Å²) < 4.78 is 89.9. The first-order valence-electron chi connectivity index (χ1n) is 13.5. The van der Waals surface area contributed by atoms with Crippen LogP contribution in [0, 0.1) is 0 Å². The van der Waals surface area contributed by atoms with Gasteiger partial charge in [0, 0.05) is 35.1 Å². The van der Waals surface area contributed by atoms with Crippen LogP contribution in [-0.2, 0) is 10.3 Å². The average Bonchev–Trinajstić information content (AvgIpc) is 3.43. The van der Waals surface area contributed by atoms with Crippen molar-refractivity contribution in [3.8, 4) is 0 Å². The van der Waals surface area contributed by atoms with Crippen LogP contribution in [0.4, 0.5) is 43.5 Å². The van der Waals surface area contributed by atoms with Crippen molar-refractivity contribution in [3.63, 3.8) is 0 Å². The SMILES string of the molecule is O=C(Nc1ccc(C(OCCN2CCCCC2)(C(F)(F)F)C(F)(F)F)cc1)c1cccnc1Nc1ccc2cn[nH]c2c1. The largest absolute Gasteiger partial charge is 0.430 e. The second-order valence-electron chi connectivity index (χ2n) is 10.2. The minimum atomic E-state index is -5.80. The number of nitrogens with zero attached hydrogens (tertiary/aromatic N) is 3. The van der Waals surface area contributed by atoms with Gasteiger partial charge >= 0.3 is 12.4 Å². The number of alkyl halides is 6. The monoisotopic (exact) mass is 606 g/mol. The Kier molecular flexibility index (Phi) is 8.60. The summed E-state index contributed by atoms with van der Waals surface area (Å²) in [7, 11) is 0. The van der Waals surface area contributed by atoms with E-state index in [0.717, 1.165) is 42.3 Å². The molecule has 3 N–H and O–H groups in total. The standard InChI is InChI=1S/C29H28F6N6O2/c30-28(31,32)27(29(33,34)35,43-16-15-41-13-2-1-3-14-41)20-7-10-21(11-8-20)39-26(42)23-5-4-12-36-25(23)38-22-9-6-19-18-37-40-24(19)17-22/h4-12,17-18H,1-3,13-16H2,(H,36,38)(H,37,40)(H,39,42). The molecule has 1 saturated heterocycles. The van der Waals surface area contributed by atoms with Crippen molar-refractivity contribution in [2.45, 2.75) is 37.2 Å². The fraction of sp³-hybridized carbons (Fsp3) is 0.345. The van der Waals surface area contributed by atoms with Crippen LogP contribution in [0.2, 0.25) is 0 Å². The summed E-state index contributed by atoms with van der Waals surface area (Å²) in [6, 6.07) is 11.6. The zero-order valence-corrected chi connectivity index (χ0v) is 22.7. The molecule has 3 heterocycles. The van der Waals surface area contributed by atoms with Gasteiger partial charge in [-0.1, -0.05) is 18.6 Å². The summed E-state index contributed by atoms with van der Waals surface area (Å²) in [6.45, 7) is 0.369. The number of ether oxygens (including phenoxy) is 1. The predicted molar refractivity (Wildman–Crippen MR) is 148 cm³/mol. The highest BCUT2D eigenvalue weighted by Gasteiger charge is 2.73. The van der Waals surface area contributed by atoms with Crippen molar-refractivity contribution >= 4 is 34.0 Å². The molecule has 0 saturated carbocycles. The van der Waals surface area contributed by atoms with Crippen LogP contribution in [0.1, 0.15) is 35.2 Å². The van der Waals surface area contributed by atoms with E-state index in [2.05, 4.69) is 25.8 Å². The number of fused-ring (bicyclic) bond motifs is 1. The minimum Gasteiger partial charge on any atom is -0.353 e. The number of anilines is 3. The quantitative estimate of drug-likeness (QED) is 0.182. The number of halogens is 6. The van der Waals surface area contributed by atoms with Crippen LogP contribution >= 0.6 is 0 Å². The van der Waals surface area contributed by atoms with E-state index in [1.54, 1.807) is 23.2 Å². The van der Waals surface area contributed by atoms with Crippen molar-refractivity contribution in [1.29, 1.82) is 0 Å². The summed E-state index contributed by atoms with van der Waals surface area (Å²) in [5, 5.41) is 13.2. The molecule has 0 spiro atoms. The smallest absolute Gasteiger partial charge is 0.353 e. The van der Waals surface area contributed by atoms with Gasteiger partial charge in [-0.05, 0) is 68.4 Å². The number of H-pyrrole nitrogens is 1. The molecule has 43 heavy (non-hydrogen) atoms. The highest BCUT2D eigenvalue weighted by molar-refractivity contribution is 6.07. The minimum absolute atomic E-state index is 0.0194. The molecule has 0 radical (unpaired) electrons. The number of likely N-dealkylation sites (tertiary alicyclic amines) is 1. The summed E-state index contributed by atoms with van der Waals surface area (Å²) in [6.07, 6.45) is -5.86. The zero-order valence-electron chi connectivity index (χ0n) is 22.7. The molecule has 1 fully saturated rings. The van der Waals surface area contributed by atoms with E-state index < -0.39 is 36.0 Å².